The summed E-state index contributed by atoms with van der Waals surface area (Å²) in [4.78, 5) is 10.9. The molecule has 0 radical (unpaired) electrons. The van der Waals surface area contributed by atoms with E-state index in [0.717, 1.165) is 30.6 Å². The molecule has 0 aromatic carbocycles. The lowest BCUT2D eigenvalue weighted by Crippen LogP contribution is -2.32. The minimum Gasteiger partial charge on any atom is -0.388 e. The minimum atomic E-state index is -0.561. The monoisotopic (exact) mass is 312 g/mol. The lowest BCUT2D eigenvalue weighted by Gasteiger charge is -2.26. The van der Waals surface area contributed by atoms with Gasteiger partial charge in [-0.1, -0.05) is 0 Å². The van der Waals surface area contributed by atoms with Crippen LogP contribution >= 0.6 is 0 Å². The Bertz CT molecular complexity index is 734. The molecule has 3 heterocycles. The van der Waals surface area contributed by atoms with E-state index in [2.05, 4.69) is 26.0 Å². The number of rotatable bonds is 4. The number of anilines is 1. The molecule has 1 saturated heterocycles. The zero-order valence-corrected chi connectivity index (χ0v) is 13.3. The van der Waals surface area contributed by atoms with Gasteiger partial charge in [-0.2, -0.15) is 10.4 Å². The van der Waals surface area contributed by atoms with Gasteiger partial charge in [-0.05, 0) is 32.3 Å². The first kappa shape index (κ1) is 15.4. The normalized spacial score (nSPS) is 18.9. The first-order valence-electron chi connectivity index (χ1n) is 7.76. The number of nitriles is 1. The molecule has 3 rings (SSSR count). The van der Waals surface area contributed by atoms with Crippen LogP contribution in [0.15, 0.2) is 18.5 Å². The molecule has 120 valence electrons. The second-order valence-corrected chi connectivity index (χ2v) is 5.99. The van der Waals surface area contributed by atoms with Crippen molar-refractivity contribution in [3.8, 4) is 6.07 Å². The summed E-state index contributed by atoms with van der Waals surface area (Å²) < 4.78 is 1.69. The topological polar surface area (TPSA) is 90.9 Å². The van der Waals surface area contributed by atoms with E-state index in [-0.39, 0.29) is 6.04 Å². The Balaban J connectivity index is 1.78. The van der Waals surface area contributed by atoms with E-state index >= 15 is 0 Å². The zero-order chi connectivity index (χ0) is 16.4. The van der Waals surface area contributed by atoms with Gasteiger partial charge in [0.15, 0.2) is 0 Å². The summed E-state index contributed by atoms with van der Waals surface area (Å²) in [5, 5.41) is 23.6. The van der Waals surface area contributed by atoms with Gasteiger partial charge in [0.05, 0.1) is 12.3 Å². The largest absolute Gasteiger partial charge is 0.388 e. The number of aliphatic hydroxyl groups excluding tert-OH is 1. The molecular formula is C16H20N6O. The third-order valence-electron chi connectivity index (χ3n) is 4.20. The van der Waals surface area contributed by atoms with E-state index in [1.165, 1.54) is 0 Å². The van der Waals surface area contributed by atoms with Crippen molar-refractivity contribution < 1.29 is 5.11 Å². The first-order valence-corrected chi connectivity index (χ1v) is 7.76. The van der Waals surface area contributed by atoms with Crippen molar-refractivity contribution in [3.05, 3.63) is 35.4 Å². The van der Waals surface area contributed by atoms with Crippen LogP contribution in [-0.2, 0) is 7.05 Å². The number of aromatic nitrogens is 4. The van der Waals surface area contributed by atoms with Crippen molar-refractivity contribution in [2.45, 2.75) is 38.3 Å². The average molecular weight is 312 g/mol. The lowest BCUT2D eigenvalue weighted by atomic mass is 10.0. The molecule has 0 amide bonds. The smallest absolute Gasteiger partial charge is 0.227 e. The van der Waals surface area contributed by atoms with Crippen LogP contribution < -0.4 is 4.90 Å². The maximum absolute atomic E-state index is 10.4. The fourth-order valence-corrected chi connectivity index (χ4v) is 3.09. The molecule has 1 fully saturated rings. The third kappa shape index (κ3) is 3.32. The Kier molecular flexibility index (Phi) is 4.26. The molecule has 2 atom stereocenters. The molecule has 0 bridgehead atoms. The molecule has 7 nitrogen and oxygen atoms in total. The Labute approximate surface area is 135 Å². The highest BCUT2D eigenvalue weighted by Crippen LogP contribution is 2.29. The summed E-state index contributed by atoms with van der Waals surface area (Å²) in [5.74, 6) is 0.586. The second-order valence-electron chi connectivity index (χ2n) is 5.99. The molecule has 0 spiro atoms. The molecule has 1 aliphatic rings. The van der Waals surface area contributed by atoms with Crippen molar-refractivity contribution >= 4 is 5.95 Å². The number of hydrogen-bond acceptors (Lipinski definition) is 6. The number of aryl methyl sites for hydroxylation is 2. The molecule has 2 unspecified atom stereocenters. The van der Waals surface area contributed by atoms with Gasteiger partial charge in [0, 0.05) is 37.1 Å². The summed E-state index contributed by atoms with van der Waals surface area (Å²) in [6.45, 7) is 2.71. The Morgan fingerprint density at radius 2 is 2.30 bits per heavy atom. The van der Waals surface area contributed by atoms with Crippen LogP contribution in [0, 0.1) is 18.3 Å². The van der Waals surface area contributed by atoms with E-state index in [1.54, 1.807) is 16.9 Å². The van der Waals surface area contributed by atoms with E-state index in [4.69, 9.17) is 5.26 Å². The van der Waals surface area contributed by atoms with Crippen LogP contribution in [0.1, 0.15) is 42.3 Å². The van der Waals surface area contributed by atoms with Gasteiger partial charge in [-0.15, -0.1) is 0 Å². The SMILES string of the molecule is Cc1cc(C#N)nc(N2CCCC2CC(O)c2cnn(C)c2)n1. The average Bonchev–Trinajstić information content (AvgIpc) is 3.15. The second kappa shape index (κ2) is 6.34. The maximum atomic E-state index is 10.4. The number of hydrogen-bond donors (Lipinski definition) is 1. The molecule has 2 aromatic rings. The standard InChI is InChI=1S/C16H20N6O/c1-11-6-13(8-17)20-16(19-11)22-5-3-4-14(22)7-15(23)12-9-18-21(2)10-12/h6,9-10,14-15,23H,3-5,7H2,1-2H3. The van der Waals surface area contributed by atoms with Crippen LogP contribution in [0.3, 0.4) is 0 Å². The predicted octanol–water partition coefficient (Wildman–Crippen LogP) is 1.48. The van der Waals surface area contributed by atoms with E-state index in [9.17, 15) is 5.11 Å². The lowest BCUT2D eigenvalue weighted by molar-refractivity contribution is 0.158. The summed E-state index contributed by atoms with van der Waals surface area (Å²) in [5.41, 5.74) is 1.98. The van der Waals surface area contributed by atoms with Crippen LogP contribution in [-0.4, -0.2) is 37.4 Å². The summed E-state index contributed by atoms with van der Waals surface area (Å²) >= 11 is 0. The molecular weight excluding hydrogens is 292 g/mol. The highest BCUT2D eigenvalue weighted by molar-refractivity contribution is 5.38. The van der Waals surface area contributed by atoms with Crippen LogP contribution in [0.25, 0.3) is 0 Å². The Hall–Kier alpha value is -2.46. The van der Waals surface area contributed by atoms with E-state index in [0.29, 0.717) is 18.1 Å². The van der Waals surface area contributed by atoms with Gasteiger partial charge in [-0.3, -0.25) is 4.68 Å². The number of aliphatic hydroxyl groups is 1. The Morgan fingerprint density at radius 1 is 1.48 bits per heavy atom. The van der Waals surface area contributed by atoms with Crippen molar-refractivity contribution in [3.63, 3.8) is 0 Å². The van der Waals surface area contributed by atoms with Crippen molar-refractivity contribution in [1.82, 2.24) is 19.7 Å². The molecule has 1 N–H and O–H groups in total. The summed E-state index contributed by atoms with van der Waals surface area (Å²) in [7, 11) is 1.84. The maximum Gasteiger partial charge on any atom is 0.227 e. The summed E-state index contributed by atoms with van der Waals surface area (Å²) in [6.07, 6.45) is 5.59. The highest BCUT2D eigenvalue weighted by atomic mass is 16.3. The van der Waals surface area contributed by atoms with Crippen molar-refractivity contribution in [1.29, 1.82) is 5.26 Å². The Morgan fingerprint density at radius 3 is 3.00 bits per heavy atom. The highest BCUT2D eigenvalue weighted by Gasteiger charge is 2.29. The third-order valence-corrected chi connectivity index (χ3v) is 4.20. The van der Waals surface area contributed by atoms with Crippen LogP contribution in [0.5, 0.6) is 0 Å². The predicted molar refractivity (Wildman–Crippen MR) is 84.6 cm³/mol. The van der Waals surface area contributed by atoms with Crippen molar-refractivity contribution in [2.75, 3.05) is 11.4 Å². The molecule has 2 aromatic heterocycles. The fraction of sp³-hybridized carbons (Fsp3) is 0.500. The van der Waals surface area contributed by atoms with Gasteiger partial charge >= 0.3 is 0 Å². The minimum absolute atomic E-state index is 0.165. The van der Waals surface area contributed by atoms with Gasteiger partial charge in [-0.25, -0.2) is 9.97 Å². The fourth-order valence-electron chi connectivity index (χ4n) is 3.09. The molecule has 0 saturated carbocycles. The van der Waals surface area contributed by atoms with Gasteiger partial charge < -0.3 is 10.0 Å². The van der Waals surface area contributed by atoms with Crippen molar-refractivity contribution in [2.24, 2.45) is 7.05 Å². The van der Waals surface area contributed by atoms with E-state index in [1.807, 2.05) is 20.2 Å². The van der Waals surface area contributed by atoms with Crippen LogP contribution in [0.4, 0.5) is 5.95 Å². The zero-order valence-electron chi connectivity index (χ0n) is 13.3. The van der Waals surface area contributed by atoms with Gasteiger partial charge in [0.2, 0.25) is 5.95 Å². The first-order chi connectivity index (χ1) is 11.1. The van der Waals surface area contributed by atoms with E-state index < -0.39 is 6.10 Å². The number of nitrogens with zero attached hydrogens (tertiary/aromatic N) is 6. The van der Waals surface area contributed by atoms with Gasteiger partial charge in [0.1, 0.15) is 11.8 Å². The van der Waals surface area contributed by atoms with Gasteiger partial charge in [0.25, 0.3) is 0 Å². The molecule has 0 aliphatic carbocycles. The van der Waals surface area contributed by atoms with Crippen LogP contribution in [0.2, 0.25) is 0 Å². The molecule has 23 heavy (non-hydrogen) atoms. The molecule has 7 heteroatoms. The summed E-state index contributed by atoms with van der Waals surface area (Å²) in [6, 6.07) is 3.92. The molecule has 1 aliphatic heterocycles. The quantitative estimate of drug-likeness (QED) is 0.919.